The summed E-state index contributed by atoms with van der Waals surface area (Å²) in [6, 6.07) is 11.9. The highest BCUT2D eigenvalue weighted by atomic mass is 16.8. The Labute approximate surface area is 189 Å². The molecule has 7 heteroatoms. The zero-order valence-corrected chi connectivity index (χ0v) is 18.9. The third-order valence-electron chi connectivity index (χ3n) is 5.75. The third-order valence-corrected chi connectivity index (χ3v) is 5.75. The van der Waals surface area contributed by atoms with Crippen LogP contribution in [0.2, 0.25) is 0 Å². The second kappa shape index (κ2) is 9.63. The third kappa shape index (κ3) is 5.23. The van der Waals surface area contributed by atoms with Gasteiger partial charge in [-0.1, -0.05) is 12.1 Å². The van der Waals surface area contributed by atoms with E-state index in [1.54, 1.807) is 19.6 Å². The van der Waals surface area contributed by atoms with Crippen molar-refractivity contribution in [2.75, 3.05) is 26.1 Å². The van der Waals surface area contributed by atoms with Crippen molar-refractivity contribution < 1.29 is 18.9 Å². The molecule has 1 saturated heterocycles. The van der Waals surface area contributed by atoms with Crippen LogP contribution in [0, 0.1) is 13.8 Å². The molecule has 1 aliphatic rings. The molecule has 1 fully saturated rings. The van der Waals surface area contributed by atoms with Crippen molar-refractivity contribution in [3.8, 4) is 11.5 Å². The number of benzene rings is 2. The van der Waals surface area contributed by atoms with E-state index in [4.69, 9.17) is 24.7 Å². The molecule has 0 amide bonds. The highest BCUT2D eigenvalue weighted by Gasteiger charge is 2.42. The number of hydrogen-bond acceptors (Lipinski definition) is 6. The fourth-order valence-electron chi connectivity index (χ4n) is 4.16. The van der Waals surface area contributed by atoms with Gasteiger partial charge < -0.3 is 29.2 Å². The molecule has 2 aromatic carbocycles. The quantitative estimate of drug-likeness (QED) is 0.511. The van der Waals surface area contributed by atoms with E-state index in [0.717, 1.165) is 34.7 Å². The summed E-state index contributed by atoms with van der Waals surface area (Å²) >= 11 is 0. The molecule has 170 valence electrons. The molecule has 2 heterocycles. The zero-order valence-electron chi connectivity index (χ0n) is 18.9. The van der Waals surface area contributed by atoms with Crippen LogP contribution in [-0.2, 0) is 22.4 Å². The van der Waals surface area contributed by atoms with Crippen LogP contribution < -0.4 is 15.2 Å². The van der Waals surface area contributed by atoms with Crippen molar-refractivity contribution >= 4 is 5.69 Å². The number of aryl methyl sites for hydroxylation is 3. The number of rotatable bonds is 9. The Kier molecular flexibility index (Phi) is 6.67. The molecular weight excluding hydrogens is 406 g/mol. The van der Waals surface area contributed by atoms with Crippen molar-refractivity contribution in [3.05, 3.63) is 71.8 Å². The summed E-state index contributed by atoms with van der Waals surface area (Å²) in [5.41, 5.74) is 9.91. The molecule has 0 radical (unpaired) electrons. The topological polar surface area (TPSA) is 80.8 Å². The van der Waals surface area contributed by atoms with E-state index in [9.17, 15) is 0 Å². The van der Waals surface area contributed by atoms with Crippen LogP contribution in [0.4, 0.5) is 5.69 Å². The average Bonchev–Trinajstić information content (AvgIpc) is 3.42. The summed E-state index contributed by atoms with van der Waals surface area (Å²) in [6.07, 6.45) is 6.85. The zero-order chi connectivity index (χ0) is 22.6. The van der Waals surface area contributed by atoms with Crippen molar-refractivity contribution in [2.45, 2.75) is 45.1 Å². The Balaban J connectivity index is 1.43. The average molecular weight is 438 g/mol. The van der Waals surface area contributed by atoms with E-state index in [-0.39, 0.29) is 6.10 Å². The number of nitrogens with two attached hydrogens (primary N) is 1. The largest absolute Gasteiger partial charge is 0.497 e. The molecule has 3 aromatic rings. The molecule has 0 unspecified atom stereocenters. The number of imidazole rings is 1. The van der Waals surface area contributed by atoms with E-state index in [1.165, 1.54) is 5.56 Å². The van der Waals surface area contributed by atoms with Gasteiger partial charge in [0.05, 0.1) is 26.6 Å². The summed E-state index contributed by atoms with van der Waals surface area (Å²) in [6.45, 7) is 5.47. The van der Waals surface area contributed by atoms with Gasteiger partial charge in [-0.3, -0.25) is 0 Å². The summed E-state index contributed by atoms with van der Waals surface area (Å²) in [7, 11) is 1.67. The lowest BCUT2D eigenvalue weighted by Crippen LogP contribution is -2.37. The maximum Gasteiger partial charge on any atom is 0.187 e. The summed E-state index contributed by atoms with van der Waals surface area (Å²) in [5, 5.41) is 0. The Bertz CT molecular complexity index is 997. The van der Waals surface area contributed by atoms with Gasteiger partial charge in [-0.25, -0.2) is 4.98 Å². The van der Waals surface area contributed by atoms with Gasteiger partial charge in [0, 0.05) is 24.5 Å². The molecule has 32 heavy (non-hydrogen) atoms. The first-order valence-electron chi connectivity index (χ1n) is 10.9. The lowest BCUT2D eigenvalue weighted by Gasteiger charge is -2.29. The summed E-state index contributed by atoms with van der Waals surface area (Å²) in [5.74, 6) is 0.966. The van der Waals surface area contributed by atoms with Crippen LogP contribution >= 0.6 is 0 Å². The Morgan fingerprint density at radius 1 is 1.19 bits per heavy atom. The Hall–Kier alpha value is -3.03. The monoisotopic (exact) mass is 437 g/mol. The number of hydrogen-bond donors (Lipinski definition) is 1. The predicted molar refractivity (Wildman–Crippen MR) is 123 cm³/mol. The predicted octanol–water partition coefficient (Wildman–Crippen LogP) is 3.91. The smallest absolute Gasteiger partial charge is 0.187 e. The molecule has 2 N–H and O–H groups in total. The highest BCUT2D eigenvalue weighted by molar-refractivity contribution is 5.52. The lowest BCUT2D eigenvalue weighted by molar-refractivity contribution is -0.184. The van der Waals surface area contributed by atoms with Gasteiger partial charge in [-0.05, 0) is 61.2 Å². The minimum absolute atomic E-state index is 0.161. The van der Waals surface area contributed by atoms with Crippen LogP contribution in [-0.4, -0.2) is 41.8 Å². The van der Waals surface area contributed by atoms with Gasteiger partial charge in [0.15, 0.2) is 5.79 Å². The molecule has 4 rings (SSSR count). The second-order valence-electron chi connectivity index (χ2n) is 8.34. The molecule has 1 aliphatic heterocycles. The van der Waals surface area contributed by atoms with Crippen LogP contribution in [0.25, 0.3) is 0 Å². The maximum atomic E-state index is 6.47. The number of ether oxygens (including phenoxy) is 4. The van der Waals surface area contributed by atoms with Gasteiger partial charge in [-0.15, -0.1) is 0 Å². The highest BCUT2D eigenvalue weighted by Crippen LogP contribution is 2.32. The molecule has 0 bridgehead atoms. The lowest BCUT2D eigenvalue weighted by atomic mass is 10.0. The SMILES string of the molecule is COc1ccc(CC[C@@]2(Cn3ccnc3)OC[C@H](COc3c(C)cc(N)cc3C)O2)cc1. The molecule has 1 aromatic heterocycles. The van der Waals surface area contributed by atoms with Crippen LogP contribution in [0.5, 0.6) is 11.5 Å². The van der Waals surface area contributed by atoms with Crippen molar-refractivity contribution in [1.82, 2.24) is 9.55 Å². The minimum Gasteiger partial charge on any atom is -0.497 e. The van der Waals surface area contributed by atoms with Crippen molar-refractivity contribution in [2.24, 2.45) is 0 Å². The van der Waals surface area contributed by atoms with Crippen LogP contribution in [0.3, 0.4) is 0 Å². The Morgan fingerprint density at radius 2 is 1.94 bits per heavy atom. The van der Waals surface area contributed by atoms with Gasteiger partial charge in [0.25, 0.3) is 0 Å². The van der Waals surface area contributed by atoms with E-state index in [0.29, 0.717) is 26.2 Å². The van der Waals surface area contributed by atoms with Crippen molar-refractivity contribution in [1.29, 1.82) is 0 Å². The molecule has 2 atom stereocenters. The van der Waals surface area contributed by atoms with Crippen LogP contribution in [0.15, 0.2) is 55.1 Å². The van der Waals surface area contributed by atoms with Gasteiger partial charge in [-0.2, -0.15) is 0 Å². The first-order valence-corrected chi connectivity index (χ1v) is 10.9. The minimum atomic E-state index is -0.736. The fourth-order valence-corrected chi connectivity index (χ4v) is 4.16. The second-order valence-corrected chi connectivity index (χ2v) is 8.34. The number of nitrogen functional groups attached to an aromatic ring is 1. The number of aromatic nitrogens is 2. The normalized spacial score (nSPS) is 20.4. The molecular formula is C25H31N3O4. The first-order chi connectivity index (χ1) is 15.5. The van der Waals surface area contributed by atoms with E-state index >= 15 is 0 Å². The summed E-state index contributed by atoms with van der Waals surface area (Å²) < 4.78 is 26.1. The van der Waals surface area contributed by atoms with Gasteiger partial charge >= 0.3 is 0 Å². The standard InChI is InChI=1S/C25H31N3O4/c1-18-12-21(26)13-19(2)24(18)30-14-23-15-31-25(32-23,16-28-11-10-27-17-28)9-8-20-4-6-22(29-3)7-5-20/h4-7,10-13,17,23H,8-9,14-16,26H2,1-3H3/t23-,25+/m0/s1. The van der Waals surface area contributed by atoms with Crippen LogP contribution in [0.1, 0.15) is 23.1 Å². The van der Waals surface area contributed by atoms with E-state index < -0.39 is 5.79 Å². The molecule has 7 nitrogen and oxygen atoms in total. The van der Waals surface area contributed by atoms with Gasteiger partial charge in [0.1, 0.15) is 24.2 Å². The summed E-state index contributed by atoms with van der Waals surface area (Å²) in [4.78, 5) is 4.16. The molecule has 0 spiro atoms. The molecule has 0 aliphatic carbocycles. The molecule has 0 saturated carbocycles. The Morgan fingerprint density at radius 3 is 2.59 bits per heavy atom. The van der Waals surface area contributed by atoms with E-state index in [1.807, 2.05) is 48.9 Å². The van der Waals surface area contributed by atoms with Crippen molar-refractivity contribution in [3.63, 3.8) is 0 Å². The number of nitrogens with zero attached hydrogens (tertiary/aromatic N) is 2. The number of anilines is 1. The first kappa shape index (κ1) is 22.2. The van der Waals surface area contributed by atoms with E-state index in [2.05, 4.69) is 17.1 Å². The maximum absolute atomic E-state index is 6.47. The van der Waals surface area contributed by atoms with Gasteiger partial charge in [0.2, 0.25) is 0 Å². The number of methoxy groups -OCH3 is 1. The fraction of sp³-hybridized carbons (Fsp3) is 0.400.